The molecule has 0 aromatic carbocycles. The lowest BCUT2D eigenvalue weighted by Gasteiger charge is -2.15. The van der Waals surface area contributed by atoms with Crippen LogP contribution in [0.2, 0.25) is 0 Å². The molecular formula is C7H11N3O. The van der Waals surface area contributed by atoms with Crippen molar-refractivity contribution in [3.8, 4) is 0 Å². The fourth-order valence-electron chi connectivity index (χ4n) is 0.930. The lowest BCUT2D eigenvalue weighted by atomic mass is 10.4. The van der Waals surface area contributed by atoms with Crippen LogP contribution in [0.25, 0.3) is 0 Å². The van der Waals surface area contributed by atoms with Crippen LogP contribution in [0.3, 0.4) is 0 Å². The summed E-state index contributed by atoms with van der Waals surface area (Å²) in [4.78, 5) is 1.72. The molecule has 0 spiro atoms. The molecule has 0 aromatic rings. The van der Waals surface area contributed by atoms with Crippen molar-refractivity contribution in [3.63, 3.8) is 0 Å². The zero-order valence-electron chi connectivity index (χ0n) is 6.65. The van der Waals surface area contributed by atoms with Gasteiger partial charge in [-0.2, -0.15) is 5.10 Å². The molecule has 0 aliphatic carbocycles. The molecule has 1 heterocycles. The summed E-state index contributed by atoms with van der Waals surface area (Å²) in [7, 11) is 3.57. The average Bonchev–Trinajstić information content (AvgIpc) is 2.30. The van der Waals surface area contributed by atoms with Gasteiger partial charge in [-0.1, -0.05) is 6.58 Å². The predicted molar refractivity (Wildman–Crippen MR) is 43.9 cm³/mol. The fraction of sp³-hybridized carbons (Fsp3) is 0.286. The number of aliphatic hydroxyl groups is 1. The van der Waals surface area contributed by atoms with E-state index in [-0.39, 0.29) is 5.76 Å². The molecule has 1 rings (SSSR count). The second-order valence-corrected chi connectivity index (χ2v) is 2.28. The molecule has 11 heavy (non-hydrogen) atoms. The summed E-state index contributed by atoms with van der Waals surface area (Å²) in [6.45, 7) is 3.46. The molecule has 1 N–H and O–H groups in total. The first-order valence-electron chi connectivity index (χ1n) is 3.23. The molecule has 0 bridgehead atoms. The average molecular weight is 153 g/mol. The molecule has 60 valence electrons. The Morgan fingerprint density at radius 2 is 2.36 bits per heavy atom. The summed E-state index contributed by atoms with van der Waals surface area (Å²) in [6.07, 6.45) is 3.01. The first-order valence-corrected chi connectivity index (χ1v) is 3.23. The topological polar surface area (TPSA) is 39.1 Å². The number of hydrogen-bond donors (Lipinski definition) is 1. The van der Waals surface area contributed by atoms with Gasteiger partial charge in [0, 0.05) is 14.1 Å². The Labute approximate surface area is 65.7 Å². The number of hydrazone groups is 1. The third kappa shape index (κ3) is 1.19. The summed E-state index contributed by atoms with van der Waals surface area (Å²) in [6, 6.07) is 0. The minimum absolute atomic E-state index is 0.132. The number of hydrogen-bond acceptors (Lipinski definition) is 4. The van der Waals surface area contributed by atoms with E-state index in [2.05, 4.69) is 11.7 Å². The standard InChI is InChI=1S/C7H11N3O/c1-4-6(11)7-9(2)5-8-10(7)3/h4-5,11H,1H2,2-3H3/b7-6-. The van der Waals surface area contributed by atoms with Crippen LogP contribution < -0.4 is 0 Å². The van der Waals surface area contributed by atoms with Crippen LogP contribution in [0.15, 0.2) is 29.3 Å². The van der Waals surface area contributed by atoms with Gasteiger partial charge in [0.25, 0.3) is 0 Å². The summed E-state index contributed by atoms with van der Waals surface area (Å²) in [5, 5.41) is 14.8. The minimum atomic E-state index is 0.132. The van der Waals surface area contributed by atoms with E-state index in [9.17, 15) is 5.11 Å². The van der Waals surface area contributed by atoms with Crippen LogP contribution >= 0.6 is 0 Å². The van der Waals surface area contributed by atoms with E-state index >= 15 is 0 Å². The predicted octanol–water partition coefficient (Wildman–Crippen LogP) is 0.720. The second-order valence-electron chi connectivity index (χ2n) is 2.28. The Hall–Kier alpha value is -1.45. The lowest BCUT2D eigenvalue weighted by molar-refractivity contribution is 0.332. The van der Waals surface area contributed by atoms with Gasteiger partial charge in [-0.25, -0.2) is 5.01 Å². The molecule has 0 amide bonds. The van der Waals surface area contributed by atoms with E-state index in [1.54, 1.807) is 23.3 Å². The Bertz CT molecular complexity index is 218. The monoisotopic (exact) mass is 153 g/mol. The first-order chi connectivity index (χ1) is 5.16. The van der Waals surface area contributed by atoms with Crippen molar-refractivity contribution in [2.75, 3.05) is 14.1 Å². The van der Waals surface area contributed by atoms with Crippen molar-refractivity contribution in [3.05, 3.63) is 24.2 Å². The van der Waals surface area contributed by atoms with E-state index in [0.717, 1.165) is 0 Å². The Morgan fingerprint density at radius 3 is 2.73 bits per heavy atom. The van der Waals surface area contributed by atoms with E-state index in [4.69, 9.17) is 0 Å². The minimum Gasteiger partial charge on any atom is -0.504 e. The Morgan fingerprint density at radius 1 is 1.73 bits per heavy atom. The maximum atomic E-state index is 9.30. The SMILES string of the molecule is C=C/C(O)=C1\N(C)C=NN1C. The van der Waals surface area contributed by atoms with E-state index in [1.165, 1.54) is 6.08 Å². The summed E-state index contributed by atoms with van der Waals surface area (Å²) in [5.74, 6) is 0.771. The van der Waals surface area contributed by atoms with Crippen molar-refractivity contribution in [2.45, 2.75) is 0 Å². The van der Waals surface area contributed by atoms with Gasteiger partial charge in [0.2, 0.25) is 0 Å². The number of aliphatic hydroxyl groups excluding tert-OH is 1. The van der Waals surface area contributed by atoms with Crippen LogP contribution in [-0.4, -0.2) is 35.4 Å². The molecule has 0 radical (unpaired) electrons. The lowest BCUT2D eigenvalue weighted by Crippen LogP contribution is -2.19. The maximum absolute atomic E-state index is 9.30. The smallest absolute Gasteiger partial charge is 0.172 e. The van der Waals surface area contributed by atoms with Gasteiger partial charge >= 0.3 is 0 Å². The molecule has 1 aliphatic heterocycles. The van der Waals surface area contributed by atoms with Crippen molar-refractivity contribution in [1.82, 2.24) is 9.91 Å². The van der Waals surface area contributed by atoms with Gasteiger partial charge in [0.05, 0.1) is 0 Å². The van der Waals surface area contributed by atoms with Crippen LogP contribution in [-0.2, 0) is 0 Å². The fourth-order valence-corrected chi connectivity index (χ4v) is 0.930. The number of allylic oxidation sites excluding steroid dienone is 1. The van der Waals surface area contributed by atoms with Crippen molar-refractivity contribution in [1.29, 1.82) is 0 Å². The highest BCUT2D eigenvalue weighted by Gasteiger charge is 2.17. The van der Waals surface area contributed by atoms with Crippen LogP contribution in [0.4, 0.5) is 0 Å². The van der Waals surface area contributed by atoms with Crippen LogP contribution in [0, 0.1) is 0 Å². The van der Waals surface area contributed by atoms with Gasteiger partial charge in [-0.05, 0) is 6.08 Å². The zero-order chi connectivity index (χ0) is 8.43. The Kier molecular flexibility index (Phi) is 1.85. The quantitative estimate of drug-likeness (QED) is 0.564. The third-order valence-electron chi connectivity index (χ3n) is 1.46. The highest BCUT2D eigenvalue weighted by atomic mass is 16.3. The molecule has 0 saturated heterocycles. The van der Waals surface area contributed by atoms with Gasteiger partial charge < -0.3 is 10.0 Å². The molecular weight excluding hydrogens is 142 g/mol. The van der Waals surface area contributed by atoms with Gasteiger partial charge in [-0.15, -0.1) is 0 Å². The highest BCUT2D eigenvalue weighted by molar-refractivity contribution is 5.60. The molecule has 0 saturated carbocycles. The number of nitrogens with zero attached hydrogens (tertiary/aromatic N) is 3. The van der Waals surface area contributed by atoms with Crippen molar-refractivity contribution < 1.29 is 5.11 Å². The third-order valence-corrected chi connectivity index (χ3v) is 1.46. The molecule has 0 fully saturated rings. The van der Waals surface area contributed by atoms with E-state index in [0.29, 0.717) is 5.82 Å². The van der Waals surface area contributed by atoms with E-state index in [1.807, 2.05) is 7.05 Å². The second kappa shape index (κ2) is 2.65. The Balaban J connectivity index is 2.97. The van der Waals surface area contributed by atoms with Crippen molar-refractivity contribution in [2.24, 2.45) is 5.10 Å². The highest BCUT2D eigenvalue weighted by Crippen LogP contribution is 2.15. The molecule has 0 atom stereocenters. The van der Waals surface area contributed by atoms with E-state index < -0.39 is 0 Å². The summed E-state index contributed by atoms with van der Waals surface area (Å²) in [5.41, 5.74) is 0. The number of rotatable bonds is 1. The first kappa shape index (κ1) is 7.65. The van der Waals surface area contributed by atoms with Gasteiger partial charge in [0.1, 0.15) is 6.34 Å². The van der Waals surface area contributed by atoms with Crippen molar-refractivity contribution >= 4 is 6.34 Å². The maximum Gasteiger partial charge on any atom is 0.172 e. The molecule has 4 nitrogen and oxygen atoms in total. The molecule has 0 aromatic heterocycles. The molecule has 4 heteroatoms. The normalized spacial score (nSPS) is 20.9. The summed E-state index contributed by atoms with van der Waals surface area (Å²) >= 11 is 0. The zero-order valence-corrected chi connectivity index (χ0v) is 6.65. The van der Waals surface area contributed by atoms with Gasteiger partial charge in [-0.3, -0.25) is 0 Å². The van der Waals surface area contributed by atoms with Crippen LogP contribution in [0.5, 0.6) is 0 Å². The van der Waals surface area contributed by atoms with Gasteiger partial charge in [0.15, 0.2) is 11.6 Å². The molecule has 1 aliphatic rings. The molecule has 0 unspecified atom stereocenters. The summed E-state index contributed by atoms with van der Waals surface area (Å²) < 4.78 is 0. The van der Waals surface area contributed by atoms with Crippen LogP contribution in [0.1, 0.15) is 0 Å². The largest absolute Gasteiger partial charge is 0.504 e.